The van der Waals surface area contributed by atoms with Gasteiger partial charge in [-0.05, 0) is 38.0 Å². The van der Waals surface area contributed by atoms with Crippen LogP contribution in [0.5, 0.6) is 0 Å². The minimum absolute atomic E-state index is 0.104. The van der Waals surface area contributed by atoms with Gasteiger partial charge in [0.25, 0.3) is 0 Å². The third-order valence-electron chi connectivity index (χ3n) is 3.38. The molecule has 2 N–H and O–H groups in total. The lowest BCUT2D eigenvalue weighted by molar-refractivity contribution is 0.0697. The van der Waals surface area contributed by atoms with Gasteiger partial charge in [-0.2, -0.15) is 0 Å². The zero-order valence-corrected chi connectivity index (χ0v) is 12.6. The SMILES string of the molecule is CCc1[nH]c2ccc(C(=O)O)cc2c(=O)c1CC=C(C)Cl. The molecule has 0 fully saturated rings. The van der Waals surface area contributed by atoms with E-state index in [2.05, 4.69) is 4.98 Å². The van der Waals surface area contributed by atoms with E-state index in [4.69, 9.17) is 16.7 Å². The number of fused-ring (bicyclic) bond motifs is 1. The largest absolute Gasteiger partial charge is 0.478 e. The van der Waals surface area contributed by atoms with Gasteiger partial charge in [0.2, 0.25) is 0 Å². The first kappa shape index (κ1) is 15.3. The van der Waals surface area contributed by atoms with E-state index in [0.717, 1.165) is 5.69 Å². The number of H-pyrrole nitrogens is 1. The number of benzene rings is 1. The third-order valence-corrected chi connectivity index (χ3v) is 3.53. The summed E-state index contributed by atoms with van der Waals surface area (Å²) in [5.74, 6) is -1.05. The molecule has 0 radical (unpaired) electrons. The zero-order chi connectivity index (χ0) is 15.6. The molecule has 0 spiro atoms. The normalized spacial score (nSPS) is 11.9. The van der Waals surface area contributed by atoms with Crippen molar-refractivity contribution in [2.45, 2.75) is 26.7 Å². The molecule has 0 saturated heterocycles. The van der Waals surface area contributed by atoms with Crippen LogP contribution in [0.2, 0.25) is 0 Å². The number of rotatable bonds is 4. The Bertz CT molecular complexity index is 786. The Kier molecular flexibility index (Phi) is 4.48. The molecule has 0 unspecified atom stereocenters. The fourth-order valence-electron chi connectivity index (χ4n) is 2.27. The van der Waals surface area contributed by atoms with Crippen molar-refractivity contribution < 1.29 is 9.90 Å². The third kappa shape index (κ3) is 3.16. The number of aryl methyl sites for hydroxylation is 1. The van der Waals surface area contributed by atoms with Crippen LogP contribution in [-0.2, 0) is 12.8 Å². The maximum Gasteiger partial charge on any atom is 0.335 e. The Morgan fingerprint density at radius 3 is 2.71 bits per heavy atom. The van der Waals surface area contributed by atoms with Gasteiger partial charge in [0.1, 0.15) is 0 Å². The highest BCUT2D eigenvalue weighted by Gasteiger charge is 2.12. The molecule has 21 heavy (non-hydrogen) atoms. The molecule has 0 amide bonds. The lowest BCUT2D eigenvalue weighted by Gasteiger charge is -2.09. The topological polar surface area (TPSA) is 70.2 Å². The summed E-state index contributed by atoms with van der Waals surface area (Å²) >= 11 is 5.83. The molecule has 0 aliphatic carbocycles. The summed E-state index contributed by atoms with van der Waals surface area (Å²) in [5.41, 5.74) is 2.10. The molecule has 0 bridgehead atoms. The molecule has 0 aliphatic heterocycles. The van der Waals surface area contributed by atoms with Crippen molar-refractivity contribution in [3.8, 4) is 0 Å². The molecule has 2 aromatic rings. The standard InChI is InChI=1S/C16H16ClNO3/c1-3-13-11(6-4-9(2)17)15(19)12-8-10(16(20)21)5-7-14(12)18-13/h4-5,7-8H,3,6H2,1-2H3,(H,18,19)(H,20,21). The van der Waals surface area contributed by atoms with Crippen LogP contribution in [0.25, 0.3) is 10.9 Å². The van der Waals surface area contributed by atoms with Crippen molar-refractivity contribution >= 4 is 28.5 Å². The quantitative estimate of drug-likeness (QED) is 0.908. The number of pyridine rings is 1. The van der Waals surface area contributed by atoms with Crippen LogP contribution in [-0.4, -0.2) is 16.1 Å². The van der Waals surface area contributed by atoms with Gasteiger partial charge in [0, 0.05) is 27.2 Å². The number of carboxylic acids is 1. The van der Waals surface area contributed by atoms with Crippen molar-refractivity contribution in [3.63, 3.8) is 0 Å². The molecule has 0 saturated carbocycles. The summed E-state index contributed by atoms with van der Waals surface area (Å²) in [6, 6.07) is 4.53. The highest BCUT2D eigenvalue weighted by Crippen LogP contribution is 2.16. The van der Waals surface area contributed by atoms with E-state index in [1.165, 1.54) is 12.1 Å². The summed E-state index contributed by atoms with van der Waals surface area (Å²) < 4.78 is 0. The number of hydrogen-bond donors (Lipinski definition) is 2. The zero-order valence-electron chi connectivity index (χ0n) is 11.9. The van der Waals surface area contributed by atoms with E-state index in [0.29, 0.717) is 34.3 Å². The fourth-order valence-corrected chi connectivity index (χ4v) is 2.35. The predicted molar refractivity (Wildman–Crippen MR) is 84.2 cm³/mol. The summed E-state index contributed by atoms with van der Waals surface area (Å²) in [5, 5.41) is 10.1. The number of aromatic nitrogens is 1. The Labute approximate surface area is 127 Å². The van der Waals surface area contributed by atoms with E-state index in [-0.39, 0.29) is 11.0 Å². The number of aromatic carboxylic acids is 1. The molecule has 110 valence electrons. The van der Waals surface area contributed by atoms with Crippen molar-refractivity contribution in [1.82, 2.24) is 4.98 Å². The second kappa shape index (κ2) is 6.14. The van der Waals surface area contributed by atoms with Gasteiger partial charge in [-0.1, -0.05) is 24.6 Å². The minimum atomic E-state index is -1.05. The highest BCUT2D eigenvalue weighted by molar-refractivity contribution is 6.29. The average molecular weight is 306 g/mol. The Morgan fingerprint density at radius 1 is 1.43 bits per heavy atom. The number of carboxylic acid groups (broad SMARTS) is 1. The van der Waals surface area contributed by atoms with E-state index in [9.17, 15) is 9.59 Å². The van der Waals surface area contributed by atoms with Gasteiger partial charge >= 0.3 is 5.97 Å². The summed E-state index contributed by atoms with van der Waals surface area (Å²) in [6.45, 7) is 3.72. The average Bonchev–Trinajstić information content (AvgIpc) is 2.45. The Morgan fingerprint density at radius 2 is 2.14 bits per heavy atom. The molecule has 0 atom stereocenters. The van der Waals surface area contributed by atoms with Gasteiger partial charge in [-0.15, -0.1) is 0 Å². The molecular weight excluding hydrogens is 290 g/mol. The van der Waals surface area contributed by atoms with Gasteiger partial charge in [0.15, 0.2) is 5.43 Å². The van der Waals surface area contributed by atoms with Gasteiger partial charge in [0.05, 0.1) is 5.56 Å². The van der Waals surface area contributed by atoms with Crippen molar-refractivity contribution in [2.24, 2.45) is 0 Å². The molecule has 4 nitrogen and oxygen atoms in total. The van der Waals surface area contributed by atoms with Crippen LogP contribution in [0.15, 0.2) is 34.1 Å². The predicted octanol–water partition coefficient (Wildman–Crippen LogP) is 3.47. The summed E-state index contributed by atoms with van der Waals surface area (Å²) in [4.78, 5) is 26.9. The lowest BCUT2D eigenvalue weighted by Crippen LogP contribution is -2.15. The van der Waals surface area contributed by atoms with Crippen LogP contribution >= 0.6 is 11.6 Å². The first-order valence-electron chi connectivity index (χ1n) is 6.67. The molecular formula is C16H16ClNO3. The van der Waals surface area contributed by atoms with E-state index >= 15 is 0 Å². The van der Waals surface area contributed by atoms with Crippen molar-refractivity contribution in [1.29, 1.82) is 0 Å². The van der Waals surface area contributed by atoms with E-state index in [1.807, 2.05) is 6.92 Å². The monoisotopic (exact) mass is 305 g/mol. The summed E-state index contributed by atoms with van der Waals surface area (Å²) in [7, 11) is 0. The molecule has 2 rings (SSSR count). The van der Waals surface area contributed by atoms with Crippen LogP contribution in [0.4, 0.5) is 0 Å². The van der Waals surface area contributed by atoms with Crippen LogP contribution in [0.1, 0.15) is 35.5 Å². The van der Waals surface area contributed by atoms with Gasteiger partial charge < -0.3 is 10.1 Å². The molecule has 1 aromatic heterocycles. The Hall–Kier alpha value is -2.07. The van der Waals surface area contributed by atoms with Gasteiger partial charge in [-0.3, -0.25) is 4.79 Å². The number of hydrogen-bond acceptors (Lipinski definition) is 2. The molecule has 0 aliphatic rings. The lowest BCUT2D eigenvalue weighted by atomic mass is 10.0. The molecule has 1 aromatic carbocycles. The first-order valence-corrected chi connectivity index (χ1v) is 7.05. The first-order chi connectivity index (χ1) is 9.93. The van der Waals surface area contributed by atoms with Crippen molar-refractivity contribution in [2.75, 3.05) is 0 Å². The maximum atomic E-state index is 12.6. The smallest absolute Gasteiger partial charge is 0.335 e. The number of nitrogens with one attached hydrogen (secondary N) is 1. The van der Waals surface area contributed by atoms with E-state index < -0.39 is 5.97 Å². The minimum Gasteiger partial charge on any atom is -0.478 e. The number of aromatic amines is 1. The molecule has 5 heteroatoms. The second-order valence-corrected chi connectivity index (χ2v) is 5.42. The van der Waals surface area contributed by atoms with E-state index in [1.54, 1.807) is 19.1 Å². The van der Waals surface area contributed by atoms with Crippen LogP contribution in [0.3, 0.4) is 0 Å². The Balaban J connectivity index is 2.71. The molecule has 1 heterocycles. The maximum absolute atomic E-state index is 12.6. The van der Waals surface area contributed by atoms with Crippen LogP contribution < -0.4 is 5.43 Å². The van der Waals surface area contributed by atoms with Gasteiger partial charge in [-0.25, -0.2) is 4.79 Å². The number of halogens is 1. The second-order valence-electron chi connectivity index (χ2n) is 4.83. The summed E-state index contributed by atoms with van der Waals surface area (Å²) in [6.07, 6.45) is 2.90. The van der Waals surface area contributed by atoms with Crippen molar-refractivity contribution in [3.05, 3.63) is 56.4 Å². The highest BCUT2D eigenvalue weighted by atomic mass is 35.5. The number of carbonyl (C=O) groups is 1. The van der Waals surface area contributed by atoms with Crippen LogP contribution in [0, 0.1) is 0 Å². The fraction of sp³-hybridized carbons (Fsp3) is 0.250. The number of allylic oxidation sites excluding steroid dienone is 2.